The molecule has 105 valence electrons. The molecule has 1 amide bonds. The van der Waals surface area contributed by atoms with E-state index in [1.54, 1.807) is 7.11 Å². The van der Waals surface area contributed by atoms with E-state index < -0.39 is 11.7 Å². The molecule has 4 nitrogen and oxygen atoms in total. The van der Waals surface area contributed by atoms with E-state index >= 15 is 0 Å². The summed E-state index contributed by atoms with van der Waals surface area (Å²) in [5, 5.41) is 2.71. The normalized spacial score (nSPS) is 12.7. The molecule has 0 aliphatic heterocycles. The Balaban J connectivity index is 2.46. The van der Waals surface area contributed by atoms with Crippen LogP contribution in [-0.4, -0.2) is 24.8 Å². The van der Waals surface area contributed by atoms with Crippen LogP contribution in [-0.2, 0) is 11.2 Å². The first kappa shape index (κ1) is 15.3. The molecule has 0 saturated carbocycles. The number of methoxy groups -OCH3 is 1. The average molecular weight is 264 g/mol. The third-order valence-electron chi connectivity index (χ3n) is 2.36. The molecule has 1 N–H and O–H groups in total. The average Bonchev–Trinajstić information content (AvgIpc) is 2.27. The van der Waals surface area contributed by atoms with Crippen LogP contribution in [0.1, 0.15) is 26.3 Å². The van der Waals surface area contributed by atoms with Crippen molar-refractivity contribution < 1.29 is 14.3 Å². The summed E-state index contributed by atoms with van der Waals surface area (Å²) in [5.41, 5.74) is 0.584. The lowest BCUT2D eigenvalue weighted by atomic mass is 10.1. The minimum atomic E-state index is -0.496. The molecule has 1 atom stereocenters. The molecule has 0 aliphatic carbocycles. The van der Waals surface area contributed by atoms with E-state index in [2.05, 4.69) is 12.2 Å². The first-order chi connectivity index (χ1) is 8.80. The molecule has 0 spiro atoms. The lowest BCUT2D eigenvalue weighted by Gasteiger charge is -2.22. The summed E-state index contributed by atoms with van der Waals surface area (Å²) in [7, 11) is 1.63. The van der Waals surface area contributed by atoms with Gasteiger partial charge in [-0.2, -0.15) is 0 Å². The SMILES string of the molecule is [CH2][C@@H](Cc1ccc(OC)cc1)NC(=O)OC(C)(C)C. The van der Waals surface area contributed by atoms with Crippen molar-refractivity contribution in [1.82, 2.24) is 5.32 Å². The fourth-order valence-corrected chi connectivity index (χ4v) is 1.57. The zero-order chi connectivity index (χ0) is 14.5. The highest BCUT2D eigenvalue weighted by atomic mass is 16.6. The predicted octanol–water partition coefficient (Wildman–Crippen LogP) is 2.97. The molecule has 4 heteroatoms. The maximum absolute atomic E-state index is 11.6. The van der Waals surface area contributed by atoms with E-state index in [0.29, 0.717) is 6.42 Å². The van der Waals surface area contributed by atoms with Gasteiger partial charge in [0.15, 0.2) is 0 Å². The summed E-state index contributed by atoms with van der Waals surface area (Å²) in [6.45, 7) is 9.39. The number of hydrogen-bond acceptors (Lipinski definition) is 3. The first-order valence-electron chi connectivity index (χ1n) is 6.25. The Morgan fingerprint density at radius 3 is 2.37 bits per heavy atom. The molecule has 0 heterocycles. The molecule has 1 aromatic carbocycles. The van der Waals surface area contributed by atoms with Gasteiger partial charge in [0.2, 0.25) is 0 Å². The third-order valence-corrected chi connectivity index (χ3v) is 2.36. The van der Waals surface area contributed by atoms with E-state index in [0.717, 1.165) is 11.3 Å². The maximum Gasteiger partial charge on any atom is 0.407 e. The van der Waals surface area contributed by atoms with Gasteiger partial charge in [0.05, 0.1) is 7.11 Å². The maximum atomic E-state index is 11.6. The van der Waals surface area contributed by atoms with Gasteiger partial charge in [-0.3, -0.25) is 0 Å². The Hall–Kier alpha value is -1.71. The number of hydrogen-bond donors (Lipinski definition) is 1. The molecular weight excluding hydrogens is 242 g/mol. The number of ether oxygens (including phenoxy) is 2. The van der Waals surface area contributed by atoms with Gasteiger partial charge in [-0.15, -0.1) is 0 Å². The lowest BCUT2D eigenvalue weighted by Crippen LogP contribution is -2.38. The van der Waals surface area contributed by atoms with Gasteiger partial charge < -0.3 is 14.8 Å². The second-order valence-electron chi connectivity index (χ2n) is 5.40. The van der Waals surface area contributed by atoms with Crippen LogP contribution in [0.15, 0.2) is 24.3 Å². The van der Waals surface area contributed by atoms with Crippen LogP contribution in [0.4, 0.5) is 4.79 Å². The monoisotopic (exact) mass is 264 g/mol. The molecular formula is C15H22NO3. The standard InChI is InChI=1S/C15H22NO3/c1-11(16-14(17)19-15(2,3)4)10-12-6-8-13(18-5)9-7-12/h6-9,11H,1,10H2,2-5H3,(H,16,17)/t11-/m0/s1. The zero-order valence-corrected chi connectivity index (χ0v) is 12.0. The van der Waals surface area contributed by atoms with Gasteiger partial charge in [0, 0.05) is 6.04 Å². The fraction of sp³-hybridized carbons (Fsp3) is 0.467. The number of benzene rings is 1. The van der Waals surface area contributed by atoms with Crippen LogP contribution in [0.5, 0.6) is 5.75 Å². The molecule has 0 aromatic heterocycles. The van der Waals surface area contributed by atoms with Crippen LogP contribution >= 0.6 is 0 Å². The Morgan fingerprint density at radius 2 is 1.89 bits per heavy atom. The Morgan fingerprint density at radius 1 is 1.32 bits per heavy atom. The highest BCUT2D eigenvalue weighted by Gasteiger charge is 2.17. The molecule has 1 rings (SSSR count). The molecule has 1 radical (unpaired) electrons. The summed E-state index contributed by atoms with van der Waals surface area (Å²) in [6, 6.07) is 7.44. The highest BCUT2D eigenvalue weighted by molar-refractivity contribution is 5.68. The summed E-state index contributed by atoms with van der Waals surface area (Å²) in [4.78, 5) is 11.6. The van der Waals surface area contributed by atoms with Crippen molar-refractivity contribution in [2.24, 2.45) is 0 Å². The van der Waals surface area contributed by atoms with Crippen LogP contribution in [0.3, 0.4) is 0 Å². The molecule has 0 unspecified atom stereocenters. The quantitative estimate of drug-likeness (QED) is 0.909. The number of amides is 1. The van der Waals surface area contributed by atoms with Gasteiger partial charge in [-0.25, -0.2) is 4.79 Å². The largest absolute Gasteiger partial charge is 0.497 e. The van der Waals surface area contributed by atoms with Gasteiger partial charge >= 0.3 is 6.09 Å². The number of carbonyl (C=O) groups is 1. The predicted molar refractivity (Wildman–Crippen MR) is 75.2 cm³/mol. The molecule has 0 aliphatic rings. The number of carbonyl (C=O) groups excluding carboxylic acids is 1. The van der Waals surface area contributed by atoms with E-state index in [1.807, 2.05) is 45.0 Å². The van der Waals surface area contributed by atoms with Gasteiger partial charge in [-0.05, 0) is 51.8 Å². The second kappa shape index (κ2) is 6.45. The van der Waals surface area contributed by atoms with Crippen molar-refractivity contribution in [2.75, 3.05) is 7.11 Å². The van der Waals surface area contributed by atoms with Crippen LogP contribution in [0.25, 0.3) is 0 Å². The van der Waals surface area contributed by atoms with Crippen molar-refractivity contribution in [3.63, 3.8) is 0 Å². The van der Waals surface area contributed by atoms with E-state index in [1.165, 1.54) is 0 Å². The molecule has 0 fully saturated rings. The van der Waals surface area contributed by atoms with E-state index in [4.69, 9.17) is 9.47 Å². The Kier molecular flexibility index (Phi) is 5.21. The second-order valence-corrected chi connectivity index (χ2v) is 5.40. The van der Waals surface area contributed by atoms with Crippen molar-refractivity contribution >= 4 is 6.09 Å². The topological polar surface area (TPSA) is 47.6 Å². The smallest absolute Gasteiger partial charge is 0.407 e. The minimum absolute atomic E-state index is 0.233. The summed E-state index contributed by atoms with van der Waals surface area (Å²) in [6.07, 6.45) is 0.199. The van der Waals surface area contributed by atoms with Crippen molar-refractivity contribution in [3.8, 4) is 5.75 Å². The summed E-state index contributed by atoms with van der Waals surface area (Å²) in [5.74, 6) is 0.810. The summed E-state index contributed by atoms with van der Waals surface area (Å²) >= 11 is 0. The van der Waals surface area contributed by atoms with Crippen molar-refractivity contribution in [1.29, 1.82) is 0 Å². The number of alkyl carbamates (subject to hydrolysis) is 1. The Bertz CT molecular complexity index is 406. The molecule has 19 heavy (non-hydrogen) atoms. The zero-order valence-electron chi connectivity index (χ0n) is 12.0. The third kappa shape index (κ3) is 6.13. The summed E-state index contributed by atoms with van der Waals surface area (Å²) < 4.78 is 10.3. The number of nitrogens with one attached hydrogen (secondary N) is 1. The molecule has 0 saturated heterocycles. The lowest BCUT2D eigenvalue weighted by molar-refractivity contribution is 0.0514. The van der Waals surface area contributed by atoms with Crippen LogP contribution in [0, 0.1) is 6.92 Å². The first-order valence-corrected chi connectivity index (χ1v) is 6.25. The fourth-order valence-electron chi connectivity index (χ4n) is 1.57. The van der Waals surface area contributed by atoms with Crippen LogP contribution in [0.2, 0.25) is 0 Å². The molecule has 1 aromatic rings. The van der Waals surface area contributed by atoms with Crippen molar-refractivity contribution in [3.05, 3.63) is 36.8 Å². The van der Waals surface area contributed by atoms with Crippen molar-refractivity contribution in [2.45, 2.75) is 38.8 Å². The van der Waals surface area contributed by atoms with Gasteiger partial charge in [0.1, 0.15) is 11.4 Å². The highest BCUT2D eigenvalue weighted by Crippen LogP contribution is 2.13. The Labute approximate surface area is 115 Å². The number of rotatable bonds is 4. The van der Waals surface area contributed by atoms with E-state index in [-0.39, 0.29) is 6.04 Å². The van der Waals surface area contributed by atoms with Crippen LogP contribution < -0.4 is 10.1 Å². The minimum Gasteiger partial charge on any atom is -0.497 e. The van der Waals surface area contributed by atoms with Gasteiger partial charge in [-0.1, -0.05) is 12.1 Å². The van der Waals surface area contributed by atoms with Gasteiger partial charge in [0.25, 0.3) is 0 Å². The molecule has 0 bridgehead atoms. The van der Waals surface area contributed by atoms with E-state index in [9.17, 15) is 4.79 Å².